The third kappa shape index (κ3) is 2.99. The normalized spacial score (nSPS) is 18.7. The molecule has 1 unspecified atom stereocenters. The van der Waals surface area contributed by atoms with Crippen molar-refractivity contribution in [3.05, 3.63) is 59.1 Å². The maximum absolute atomic E-state index is 6.27. The fourth-order valence-corrected chi connectivity index (χ4v) is 3.03. The Hall–Kier alpha value is -1.31. The minimum atomic E-state index is 0.779. The molecule has 0 saturated carbocycles. The van der Waals surface area contributed by atoms with Gasteiger partial charge in [0.25, 0.3) is 0 Å². The molecule has 1 N–H and O–H groups in total. The van der Waals surface area contributed by atoms with E-state index in [1.54, 1.807) is 0 Å². The highest BCUT2D eigenvalue weighted by molar-refractivity contribution is 6.33. The van der Waals surface area contributed by atoms with Crippen molar-refractivity contribution in [2.75, 3.05) is 13.1 Å². The van der Waals surface area contributed by atoms with E-state index in [1.807, 2.05) is 18.2 Å². The molecule has 0 spiro atoms. The van der Waals surface area contributed by atoms with Crippen LogP contribution in [-0.4, -0.2) is 13.1 Å². The van der Waals surface area contributed by atoms with Gasteiger partial charge in [0.05, 0.1) is 0 Å². The van der Waals surface area contributed by atoms with Crippen LogP contribution in [0.3, 0.4) is 0 Å². The fourth-order valence-electron chi connectivity index (χ4n) is 2.78. The number of halogens is 1. The molecule has 19 heavy (non-hydrogen) atoms. The molecule has 1 heterocycles. The second-order valence-corrected chi connectivity index (χ2v) is 5.65. The first-order valence-corrected chi connectivity index (χ1v) is 7.25. The van der Waals surface area contributed by atoms with Gasteiger partial charge < -0.3 is 5.32 Å². The highest BCUT2D eigenvalue weighted by Crippen LogP contribution is 2.28. The first kappa shape index (κ1) is 12.7. The van der Waals surface area contributed by atoms with Gasteiger partial charge in [-0.15, -0.1) is 0 Å². The van der Waals surface area contributed by atoms with E-state index in [9.17, 15) is 0 Å². The lowest BCUT2D eigenvalue weighted by atomic mass is 9.95. The average molecular weight is 272 g/mol. The summed E-state index contributed by atoms with van der Waals surface area (Å²) in [5, 5.41) is 4.25. The molecule has 1 saturated heterocycles. The maximum atomic E-state index is 6.27. The van der Waals surface area contributed by atoms with E-state index < -0.39 is 0 Å². The van der Waals surface area contributed by atoms with Gasteiger partial charge in [0.1, 0.15) is 0 Å². The number of benzene rings is 2. The van der Waals surface area contributed by atoms with Crippen molar-refractivity contribution in [3.8, 4) is 11.1 Å². The van der Waals surface area contributed by atoms with Crippen LogP contribution in [0.5, 0.6) is 0 Å². The summed E-state index contributed by atoms with van der Waals surface area (Å²) in [5.41, 5.74) is 3.75. The van der Waals surface area contributed by atoms with Gasteiger partial charge in [-0.1, -0.05) is 54.1 Å². The molecule has 1 aliphatic rings. The van der Waals surface area contributed by atoms with Crippen molar-refractivity contribution >= 4 is 11.6 Å². The van der Waals surface area contributed by atoms with E-state index >= 15 is 0 Å². The SMILES string of the molecule is Clc1ccccc1-c1cccc(CC2CCNC2)c1. The Labute approximate surface area is 119 Å². The summed E-state index contributed by atoms with van der Waals surface area (Å²) in [6.07, 6.45) is 2.45. The number of rotatable bonds is 3. The summed E-state index contributed by atoms with van der Waals surface area (Å²) in [6, 6.07) is 16.8. The molecule has 1 atom stereocenters. The van der Waals surface area contributed by atoms with Crippen molar-refractivity contribution in [2.24, 2.45) is 5.92 Å². The molecule has 2 aromatic carbocycles. The topological polar surface area (TPSA) is 12.0 Å². The fraction of sp³-hybridized carbons (Fsp3) is 0.294. The van der Waals surface area contributed by atoms with E-state index in [-0.39, 0.29) is 0 Å². The van der Waals surface area contributed by atoms with Gasteiger partial charge in [-0.3, -0.25) is 0 Å². The Balaban J connectivity index is 1.85. The van der Waals surface area contributed by atoms with Crippen molar-refractivity contribution in [1.82, 2.24) is 5.32 Å². The van der Waals surface area contributed by atoms with Crippen LogP contribution in [0.1, 0.15) is 12.0 Å². The lowest BCUT2D eigenvalue weighted by molar-refractivity contribution is 0.580. The lowest BCUT2D eigenvalue weighted by Gasteiger charge is -2.10. The maximum Gasteiger partial charge on any atom is 0.0484 e. The molecule has 3 rings (SSSR count). The van der Waals surface area contributed by atoms with Crippen LogP contribution >= 0.6 is 11.6 Å². The molecular weight excluding hydrogens is 254 g/mol. The molecular formula is C17H18ClN. The van der Waals surface area contributed by atoms with Crippen LogP contribution < -0.4 is 5.32 Å². The summed E-state index contributed by atoms with van der Waals surface area (Å²) in [5.74, 6) is 0.779. The zero-order valence-corrected chi connectivity index (χ0v) is 11.7. The average Bonchev–Trinajstić information content (AvgIpc) is 2.92. The van der Waals surface area contributed by atoms with Crippen molar-refractivity contribution in [1.29, 1.82) is 0 Å². The first-order chi connectivity index (χ1) is 9.33. The molecule has 2 aromatic rings. The van der Waals surface area contributed by atoms with Crippen LogP contribution in [0.2, 0.25) is 5.02 Å². The molecule has 0 aromatic heterocycles. The van der Waals surface area contributed by atoms with Crippen LogP contribution in [-0.2, 0) is 6.42 Å². The van der Waals surface area contributed by atoms with Crippen LogP contribution in [0.4, 0.5) is 0 Å². The number of hydrogen-bond donors (Lipinski definition) is 1. The summed E-state index contributed by atoms with van der Waals surface area (Å²) < 4.78 is 0. The van der Waals surface area contributed by atoms with E-state index in [4.69, 9.17) is 11.6 Å². The van der Waals surface area contributed by atoms with E-state index in [1.165, 1.54) is 17.5 Å². The number of hydrogen-bond acceptors (Lipinski definition) is 1. The largest absolute Gasteiger partial charge is 0.316 e. The van der Waals surface area contributed by atoms with Gasteiger partial charge in [0.15, 0.2) is 0 Å². The van der Waals surface area contributed by atoms with Crippen LogP contribution in [0.25, 0.3) is 11.1 Å². The molecule has 98 valence electrons. The van der Waals surface area contributed by atoms with E-state index in [0.717, 1.165) is 36.0 Å². The summed E-state index contributed by atoms with van der Waals surface area (Å²) in [4.78, 5) is 0. The molecule has 0 aliphatic carbocycles. The minimum Gasteiger partial charge on any atom is -0.316 e. The summed E-state index contributed by atoms with van der Waals surface area (Å²) >= 11 is 6.27. The molecule has 1 nitrogen and oxygen atoms in total. The Bertz CT molecular complexity index is 559. The highest BCUT2D eigenvalue weighted by Gasteiger charge is 2.15. The zero-order chi connectivity index (χ0) is 13.1. The van der Waals surface area contributed by atoms with Gasteiger partial charge in [-0.25, -0.2) is 0 Å². The van der Waals surface area contributed by atoms with Gasteiger partial charge >= 0.3 is 0 Å². The molecule has 1 aliphatic heterocycles. The predicted octanol–water partition coefficient (Wildman–Crippen LogP) is 4.16. The smallest absolute Gasteiger partial charge is 0.0484 e. The molecule has 0 amide bonds. The van der Waals surface area contributed by atoms with Crippen molar-refractivity contribution < 1.29 is 0 Å². The second-order valence-electron chi connectivity index (χ2n) is 5.24. The highest BCUT2D eigenvalue weighted by atomic mass is 35.5. The van der Waals surface area contributed by atoms with Crippen molar-refractivity contribution in [2.45, 2.75) is 12.8 Å². The quantitative estimate of drug-likeness (QED) is 0.884. The standard InChI is InChI=1S/C17H18ClN/c18-17-7-2-1-6-16(17)15-5-3-4-13(11-15)10-14-8-9-19-12-14/h1-7,11,14,19H,8-10,12H2. The second kappa shape index (κ2) is 5.77. The Kier molecular flexibility index (Phi) is 3.86. The molecule has 2 heteroatoms. The van der Waals surface area contributed by atoms with E-state index in [2.05, 4.69) is 35.6 Å². The number of nitrogens with one attached hydrogen (secondary N) is 1. The van der Waals surface area contributed by atoms with Crippen molar-refractivity contribution in [3.63, 3.8) is 0 Å². The van der Waals surface area contributed by atoms with Gasteiger partial charge in [0.2, 0.25) is 0 Å². The zero-order valence-electron chi connectivity index (χ0n) is 10.9. The van der Waals surface area contributed by atoms with Gasteiger partial charge in [0, 0.05) is 10.6 Å². The summed E-state index contributed by atoms with van der Waals surface area (Å²) in [7, 11) is 0. The van der Waals surface area contributed by atoms with E-state index in [0.29, 0.717) is 0 Å². The molecule has 0 bridgehead atoms. The first-order valence-electron chi connectivity index (χ1n) is 6.87. The molecule has 1 fully saturated rings. The van der Waals surface area contributed by atoms with Gasteiger partial charge in [-0.2, -0.15) is 0 Å². The lowest BCUT2D eigenvalue weighted by Crippen LogP contribution is -2.10. The Morgan fingerprint density at radius 1 is 1.11 bits per heavy atom. The third-order valence-electron chi connectivity index (χ3n) is 3.80. The summed E-state index contributed by atoms with van der Waals surface area (Å²) in [6.45, 7) is 2.31. The molecule has 0 radical (unpaired) electrons. The Morgan fingerprint density at radius 2 is 2.00 bits per heavy atom. The predicted molar refractivity (Wildman–Crippen MR) is 81.6 cm³/mol. The third-order valence-corrected chi connectivity index (χ3v) is 4.13. The van der Waals surface area contributed by atoms with Crippen LogP contribution in [0, 0.1) is 5.92 Å². The van der Waals surface area contributed by atoms with Gasteiger partial charge in [-0.05, 0) is 49.0 Å². The monoisotopic (exact) mass is 271 g/mol. The van der Waals surface area contributed by atoms with Crippen LogP contribution in [0.15, 0.2) is 48.5 Å². The Morgan fingerprint density at radius 3 is 2.79 bits per heavy atom. The minimum absolute atomic E-state index is 0.779.